The summed E-state index contributed by atoms with van der Waals surface area (Å²) in [7, 11) is -3.72. The number of hydrogen-bond acceptors (Lipinski definition) is 6. The highest BCUT2D eigenvalue weighted by molar-refractivity contribution is 8.01. The molecular formula is C19H22N2O5S2. The SMILES string of the molecule is CCCCOc1ccc(S(=O)(=O)N2CCSC2c2cccc([N+](=O)[O-])c2)cc1. The molecule has 1 fully saturated rings. The third-order valence-corrected chi connectivity index (χ3v) is 7.68. The predicted octanol–water partition coefficient (Wildman–Crippen LogP) is 4.21. The summed E-state index contributed by atoms with van der Waals surface area (Å²) in [4.78, 5) is 10.8. The van der Waals surface area contributed by atoms with Gasteiger partial charge in [0.2, 0.25) is 10.0 Å². The largest absolute Gasteiger partial charge is 0.494 e. The second kappa shape index (κ2) is 8.93. The maximum absolute atomic E-state index is 13.1. The smallest absolute Gasteiger partial charge is 0.269 e. The van der Waals surface area contributed by atoms with Gasteiger partial charge in [0.15, 0.2) is 0 Å². The van der Waals surface area contributed by atoms with Gasteiger partial charge in [-0.15, -0.1) is 11.8 Å². The highest BCUT2D eigenvalue weighted by Crippen LogP contribution is 2.42. The molecule has 0 amide bonds. The molecule has 2 aromatic rings. The Hall–Kier alpha value is -2.10. The normalized spacial score (nSPS) is 17.5. The van der Waals surface area contributed by atoms with Crippen LogP contribution in [0, 0.1) is 10.1 Å². The van der Waals surface area contributed by atoms with Crippen LogP contribution >= 0.6 is 11.8 Å². The van der Waals surface area contributed by atoms with Gasteiger partial charge >= 0.3 is 0 Å². The summed E-state index contributed by atoms with van der Waals surface area (Å²) in [6, 6.07) is 12.6. The van der Waals surface area contributed by atoms with Gasteiger partial charge in [0, 0.05) is 24.4 Å². The van der Waals surface area contributed by atoms with Crippen LogP contribution in [0.5, 0.6) is 5.75 Å². The molecule has 1 heterocycles. The van der Waals surface area contributed by atoms with Crippen molar-refractivity contribution < 1.29 is 18.1 Å². The number of benzene rings is 2. The van der Waals surface area contributed by atoms with E-state index in [4.69, 9.17) is 4.74 Å². The molecule has 1 unspecified atom stereocenters. The first kappa shape index (κ1) is 20.6. The molecule has 0 spiro atoms. The molecule has 7 nitrogen and oxygen atoms in total. The van der Waals surface area contributed by atoms with E-state index in [1.807, 2.05) is 0 Å². The zero-order chi connectivity index (χ0) is 20.1. The van der Waals surface area contributed by atoms with E-state index < -0.39 is 20.3 Å². The first-order chi connectivity index (χ1) is 13.4. The number of rotatable bonds is 8. The van der Waals surface area contributed by atoms with Gasteiger partial charge in [0.05, 0.1) is 21.8 Å². The van der Waals surface area contributed by atoms with E-state index in [-0.39, 0.29) is 10.6 Å². The first-order valence-electron chi connectivity index (χ1n) is 9.04. The van der Waals surface area contributed by atoms with Gasteiger partial charge in [-0.3, -0.25) is 10.1 Å². The molecule has 1 aliphatic rings. The van der Waals surface area contributed by atoms with Crippen molar-refractivity contribution in [3.8, 4) is 5.75 Å². The number of sulfonamides is 1. The van der Waals surface area contributed by atoms with Crippen LogP contribution in [-0.2, 0) is 10.0 Å². The van der Waals surface area contributed by atoms with Crippen molar-refractivity contribution >= 4 is 27.5 Å². The topological polar surface area (TPSA) is 89.8 Å². The molecule has 28 heavy (non-hydrogen) atoms. The summed E-state index contributed by atoms with van der Waals surface area (Å²) in [6.45, 7) is 3.03. The van der Waals surface area contributed by atoms with Crippen LogP contribution in [0.3, 0.4) is 0 Å². The third-order valence-electron chi connectivity index (χ3n) is 4.41. The number of unbranched alkanes of at least 4 members (excludes halogenated alkanes) is 1. The summed E-state index contributed by atoms with van der Waals surface area (Å²) in [6.07, 6.45) is 1.97. The third kappa shape index (κ3) is 4.48. The van der Waals surface area contributed by atoms with E-state index >= 15 is 0 Å². The fraction of sp³-hybridized carbons (Fsp3) is 0.368. The summed E-state index contributed by atoms with van der Waals surface area (Å²) in [5.74, 6) is 1.27. The van der Waals surface area contributed by atoms with Crippen LogP contribution in [0.15, 0.2) is 53.4 Å². The lowest BCUT2D eigenvalue weighted by molar-refractivity contribution is -0.384. The average Bonchev–Trinajstić information content (AvgIpc) is 3.19. The molecule has 0 N–H and O–H groups in total. The fourth-order valence-electron chi connectivity index (χ4n) is 2.93. The van der Waals surface area contributed by atoms with Crippen molar-refractivity contribution in [1.29, 1.82) is 0 Å². The van der Waals surface area contributed by atoms with Gasteiger partial charge in [0.1, 0.15) is 5.75 Å². The number of thioether (sulfide) groups is 1. The maximum Gasteiger partial charge on any atom is 0.269 e. The Balaban J connectivity index is 1.82. The Morgan fingerprint density at radius 1 is 1.25 bits per heavy atom. The van der Waals surface area contributed by atoms with E-state index in [2.05, 4.69) is 6.92 Å². The standard InChI is InChI=1S/C19H22N2O5S2/c1-2-3-12-26-17-7-9-18(10-8-17)28(24,25)20-11-13-27-19(20)15-5-4-6-16(14-15)21(22)23/h4-10,14,19H,2-3,11-13H2,1H3. The van der Waals surface area contributed by atoms with E-state index in [1.54, 1.807) is 36.4 Å². The molecule has 2 aromatic carbocycles. The van der Waals surface area contributed by atoms with Crippen molar-refractivity contribution in [3.05, 3.63) is 64.2 Å². The minimum Gasteiger partial charge on any atom is -0.494 e. The lowest BCUT2D eigenvalue weighted by Crippen LogP contribution is -2.30. The van der Waals surface area contributed by atoms with Gasteiger partial charge < -0.3 is 4.74 Å². The lowest BCUT2D eigenvalue weighted by Gasteiger charge is -2.23. The van der Waals surface area contributed by atoms with E-state index in [0.717, 1.165) is 12.8 Å². The van der Waals surface area contributed by atoms with E-state index in [1.165, 1.54) is 28.2 Å². The highest BCUT2D eigenvalue weighted by atomic mass is 32.2. The van der Waals surface area contributed by atoms with Crippen LogP contribution in [0.2, 0.25) is 0 Å². The number of ether oxygens (including phenoxy) is 1. The monoisotopic (exact) mass is 422 g/mol. The zero-order valence-electron chi connectivity index (χ0n) is 15.5. The van der Waals surface area contributed by atoms with Crippen molar-refractivity contribution in [2.75, 3.05) is 18.9 Å². The van der Waals surface area contributed by atoms with Gasteiger partial charge in [-0.05, 0) is 36.2 Å². The molecule has 150 valence electrons. The molecule has 0 bridgehead atoms. The summed E-state index contributed by atoms with van der Waals surface area (Å²) < 4.78 is 33.3. The molecule has 0 aliphatic carbocycles. The summed E-state index contributed by atoms with van der Waals surface area (Å²) in [5.41, 5.74) is 0.565. The average molecular weight is 423 g/mol. The minimum absolute atomic E-state index is 0.0454. The quantitative estimate of drug-likeness (QED) is 0.360. The van der Waals surface area contributed by atoms with Crippen LogP contribution < -0.4 is 4.74 Å². The van der Waals surface area contributed by atoms with E-state index in [0.29, 0.717) is 30.2 Å². The number of hydrogen-bond donors (Lipinski definition) is 0. The van der Waals surface area contributed by atoms with Crippen molar-refractivity contribution in [2.45, 2.75) is 30.0 Å². The highest BCUT2D eigenvalue weighted by Gasteiger charge is 2.37. The molecular weight excluding hydrogens is 400 g/mol. The van der Waals surface area contributed by atoms with Gasteiger partial charge in [-0.1, -0.05) is 25.5 Å². The molecule has 9 heteroatoms. The lowest BCUT2D eigenvalue weighted by atomic mass is 10.2. The molecule has 1 saturated heterocycles. The first-order valence-corrected chi connectivity index (χ1v) is 11.5. The maximum atomic E-state index is 13.1. The number of non-ortho nitro benzene ring substituents is 1. The van der Waals surface area contributed by atoms with E-state index in [9.17, 15) is 18.5 Å². The molecule has 0 saturated carbocycles. The molecule has 0 radical (unpaired) electrons. The van der Waals surface area contributed by atoms with Crippen molar-refractivity contribution in [3.63, 3.8) is 0 Å². The van der Waals surface area contributed by atoms with Gasteiger partial charge in [0.25, 0.3) is 5.69 Å². The Kier molecular flexibility index (Phi) is 6.58. The van der Waals surface area contributed by atoms with Crippen LogP contribution in [-0.4, -0.2) is 36.6 Å². The molecule has 1 aliphatic heterocycles. The molecule has 3 rings (SSSR count). The number of nitrogens with zero attached hydrogens (tertiary/aromatic N) is 2. The van der Waals surface area contributed by atoms with Gasteiger partial charge in [-0.2, -0.15) is 4.31 Å². The van der Waals surface area contributed by atoms with Gasteiger partial charge in [-0.25, -0.2) is 8.42 Å². The number of nitro groups is 1. The van der Waals surface area contributed by atoms with Crippen molar-refractivity contribution in [1.82, 2.24) is 4.31 Å². The Bertz CT molecular complexity index is 932. The van der Waals surface area contributed by atoms with Crippen LogP contribution in [0.25, 0.3) is 0 Å². The van der Waals surface area contributed by atoms with Crippen molar-refractivity contribution in [2.24, 2.45) is 0 Å². The molecule has 1 atom stereocenters. The summed E-state index contributed by atoms with van der Waals surface area (Å²) in [5, 5.41) is 10.6. The second-order valence-electron chi connectivity index (χ2n) is 6.36. The second-order valence-corrected chi connectivity index (χ2v) is 9.44. The fourth-order valence-corrected chi connectivity index (χ4v) is 6.16. The zero-order valence-corrected chi connectivity index (χ0v) is 17.1. The Morgan fingerprint density at radius 3 is 2.68 bits per heavy atom. The minimum atomic E-state index is -3.72. The Morgan fingerprint density at radius 2 is 2.00 bits per heavy atom. The Labute approximate surface area is 168 Å². The number of nitro benzene ring substituents is 1. The summed E-state index contributed by atoms with van der Waals surface area (Å²) >= 11 is 1.46. The van der Waals surface area contributed by atoms with Crippen LogP contribution in [0.4, 0.5) is 5.69 Å². The molecule has 0 aromatic heterocycles. The van der Waals surface area contributed by atoms with Crippen LogP contribution in [0.1, 0.15) is 30.7 Å². The predicted molar refractivity (Wildman–Crippen MR) is 109 cm³/mol.